The van der Waals surface area contributed by atoms with Gasteiger partial charge in [-0.3, -0.25) is 4.79 Å². The molecule has 5 rings (SSSR count). The van der Waals surface area contributed by atoms with E-state index in [1.807, 2.05) is 0 Å². The molecule has 0 radical (unpaired) electrons. The highest BCUT2D eigenvalue weighted by Crippen LogP contribution is 2.68. The average molecular weight is 593 g/mol. The molecule has 0 bridgehead atoms. The Morgan fingerprint density at radius 2 is 1.74 bits per heavy atom. The van der Waals surface area contributed by atoms with Gasteiger partial charge in [0.1, 0.15) is 6.10 Å². The summed E-state index contributed by atoms with van der Waals surface area (Å²) >= 11 is 0. The van der Waals surface area contributed by atoms with E-state index >= 15 is 0 Å². The lowest BCUT2D eigenvalue weighted by Crippen LogP contribution is -2.53. The number of carbonyl (C=O) groups excluding carboxylic acids is 1. The highest BCUT2D eigenvalue weighted by molar-refractivity contribution is 5.96. The van der Waals surface area contributed by atoms with Crippen molar-refractivity contribution in [3.8, 4) is 11.5 Å². The molecule has 0 aliphatic heterocycles. The molecule has 4 fully saturated rings. The molecule has 4 aliphatic rings. The minimum absolute atomic E-state index is 0.0655. The molecule has 4 saturated carbocycles. The van der Waals surface area contributed by atoms with Crippen LogP contribution in [-0.4, -0.2) is 29.2 Å². The number of methoxy groups -OCH3 is 1. The largest absolute Gasteiger partial charge is 0.504 e. The second kappa shape index (κ2) is 13.3. The number of hydrogen-bond acceptors (Lipinski definition) is 4. The quantitative estimate of drug-likeness (QED) is 0.251. The lowest BCUT2D eigenvalue weighted by atomic mass is 9.44. The van der Waals surface area contributed by atoms with Crippen LogP contribution in [0.2, 0.25) is 0 Å². The molecule has 0 amide bonds. The lowest BCUT2D eigenvalue weighted by Gasteiger charge is -2.61. The van der Waals surface area contributed by atoms with Gasteiger partial charge < -0.3 is 14.9 Å². The van der Waals surface area contributed by atoms with Crippen molar-refractivity contribution in [1.29, 1.82) is 0 Å². The van der Waals surface area contributed by atoms with Crippen LogP contribution in [0.3, 0.4) is 0 Å². The molecule has 0 spiro atoms. The first kappa shape index (κ1) is 32.6. The van der Waals surface area contributed by atoms with E-state index in [1.165, 1.54) is 83.8 Å². The molecule has 2 N–H and O–H groups in total. The van der Waals surface area contributed by atoms with Crippen LogP contribution in [-0.2, 0) is 4.79 Å². The maximum absolute atomic E-state index is 12.9. The van der Waals surface area contributed by atoms with Gasteiger partial charge in [0.15, 0.2) is 17.3 Å². The van der Waals surface area contributed by atoms with Crippen LogP contribution in [0, 0.1) is 58.2 Å². The van der Waals surface area contributed by atoms with Crippen LogP contribution >= 0.6 is 0 Å². The topological polar surface area (TPSA) is 66.8 Å². The summed E-state index contributed by atoms with van der Waals surface area (Å²) in [6, 6.07) is 4.97. The Bertz CT molecular complexity index is 1140. The van der Waals surface area contributed by atoms with Crippen molar-refractivity contribution in [2.24, 2.45) is 58.2 Å². The third-order valence-corrected chi connectivity index (χ3v) is 13.8. The third-order valence-electron chi connectivity index (χ3n) is 13.8. The van der Waals surface area contributed by atoms with E-state index in [4.69, 9.17) is 4.74 Å². The molecule has 4 nitrogen and oxygen atoms in total. The number of aliphatic hydroxyl groups excluding tert-OH is 1. The molecule has 43 heavy (non-hydrogen) atoms. The van der Waals surface area contributed by atoms with Crippen LogP contribution in [0.5, 0.6) is 11.5 Å². The maximum atomic E-state index is 12.9. The monoisotopic (exact) mass is 592 g/mol. The first-order valence-electron chi connectivity index (χ1n) is 17.7. The standard InChI is InChI=1S/C39H60O4/c1-25(2)28(24-36(42)34(40)18-11-27-12-19-35(41)37(23-27)43-6)13-10-26(3)31-16-17-32-30-15-14-29-9-7-8-21-38(29,4)33(30)20-22-39(31,32)5/h11-12,18-19,23,25-26,28-33,36,41-42H,7-10,13-17,20-22,24H2,1-6H3/b18-11-/t26-,28+,29?,30+,31-,32+,33+,36?,38+,39-/m1/s1. The van der Waals surface area contributed by atoms with Crippen LogP contribution in [0.4, 0.5) is 0 Å². The Morgan fingerprint density at radius 1 is 0.977 bits per heavy atom. The number of carbonyl (C=O) groups is 1. The highest BCUT2D eigenvalue weighted by atomic mass is 16.5. The van der Waals surface area contributed by atoms with Crippen molar-refractivity contribution in [2.45, 2.75) is 124 Å². The summed E-state index contributed by atoms with van der Waals surface area (Å²) in [5, 5.41) is 20.7. The van der Waals surface area contributed by atoms with Crippen molar-refractivity contribution >= 4 is 11.9 Å². The van der Waals surface area contributed by atoms with Crippen LogP contribution in [0.15, 0.2) is 24.3 Å². The van der Waals surface area contributed by atoms with Gasteiger partial charge in [0.25, 0.3) is 0 Å². The number of phenols is 1. The number of ether oxygens (including phenoxy) is 1. The number of hydrogen-bond donors (Lipinski definition) is 2. The van der Waals surface area contributed by atoms with E-state index in [2.05, 4.69) is 34.6 Å². The summed E-state index contributed by atoms with van der Waals surface area (Å²) in [7, 11) is 1.50. The van der Waals surface area contributed by atoms with Gasteiger partial charge in [0.2, 0.25) is 0 Å². The molecular weight excluding hydrogens is 532 g/mol. The lowest BCUT2D eigenvalue weighted by molar-refractivity contribution is -0.123. The Hall–Kier alpha value is -1.81. The zero-order valence-corrected chi connectivity index (χ0v) is 28.0. The number of aliphatic hydroxyl groups is 1. The fourth-order valence-corrected chi connectivity index (χ4v) is 11.2. The first-order valence-corrected chi connectivity index (χ1v) is 17.7. The normalized spacial score (nSPS) is 36.0. The predicted molar refractivity (Wildman–Crippen MR) is 176 cm³/mol. The van der Waals surface area contributed by atoms with Crippen LogP contribution in [0.25, 0.3) is 6.08 Å². The summed E-state index contributed by atoms with van der Waals surface area (Å²) in [6.45, 7) is 12.4. The van der Waals surface area contributed by atoms with Gasteiger partial charge in [-0.1, -0.05) is 66.0 Å². The van der Waals surface area contributed by atoms with Crippen molar-refractivity contribution < 1.29 is 19.7 Å². The average Bonchev–Trinajstić information content (AvgIpc) is 3.35. The van der Waals surface area contributed by atoms with Gasteiger partial charge in [-0.2, -0.15) is 0 Å². The predicted octanol–water partition coefficient (Wildman–Crippen LogP) is 9.47. The summed E-state index contributed by atoms with van der Waals surface area (Å²) in [6.07, 6.45) is 19.5. The van der Waals surface area contributed by atoms with E-state index < -0.39 is 6.10 Å². The smallest absolute Gasteiger partial charge is 0.184 e. The number of aromatic hydroxyl groups is 1. The summed E-state index contributed by atoms with van der Waals surface area (Å²) in [5.74, 6) is 6.25. The Morgan fingerprint density at radius 3 is 2.49 bits per heavy atom. The summed E-state index contributed by atoms with van der Waals surface area (Å²) in [4.78, 5) is 12.9. The highest BCUT2D eigenvalue weighted by Gasteiger charge is 2.60. The van der Waals surface area contributed by atoms with Crippen LogP contribution in [0.1, 0.15) is 124 Å². The number of phenolic OH excluding ortho intramolecular Hbond substituents is 1. The number of fused-ring (bicyclic) bond motifs is 5. The molecule has 10 atom stereocenters. The Kier molecular flexibility index (Phi) is 10.1. The fraction of sp³-hybridized carbons (Fsp3) is 0.769. The van der Waals surface area contributed by atoms with Gasteiger partial charge in [-0.15, -0.1) is 0 Å². The third kappa shape index (κ3) is 6.47. The van der Waals surface area contributed by atoms with E-state index in [1.54, 1.807) is 24.3 Å². The SMILES string of the molecule is COc1cc(/C=C\C(=O)C(O)C[C@H](CC[C@@H](C)[C@H]2CC[C@H]3[C@@H]4CCC5CCCC[C@]5(C)[C@H]4CC[C@]23C)C(C)C)ccc1O. The van der Waals surface area contributed by atoms with Gasteiger partial charge in [-0.25, -0.2) is 0 Å². The van der Waals surface area contributed by atoms with Crippen molar-refractivity contribution in [3.05, 3.63) is 29.8 Å². The number of ketones is 1. The molecule has 4 aliphatic carbocycles. The maximum Gasteiger partial charge on any atom is 0.184 e. The van der Waals surface area contributed by atoms with Crippen molar-refractivity contribution in [2.75, 3.05) is 7.11 Å². The molecule has 0 heterocycles. The zero-order valence-electron chi connectivity index (χ0n) is 28.0. The van der Waals surface area contributed by atoms with Crippen molar-refractivity contribution in [3.63, 3.8) is 0 Å². The summed E-state index contributed by atoms with van der Waals surface area (Å²) in [5.41, 5.74) is 1.85. The van der Waals surface area contributed by atoms with Gasteiger partial charge in [0, 0.05) is 0 Å². The fourth-order valence-electron chi connectivity index (χ4n) is 11.2. The molecule has 0 aromatic heterocycles. The van der Waals surface area contributed by atoms with E-state index in [9.17, 15) is 15.0 Å². The number of rotatable bonds is 11. The van der Waals surface area contributed by atoms with E-state index in [-0.39, 0.29) is 11.5 Å². The van der Waals surface area contributed by atoms with E-state index in [0.717, 1.165) is 41.6 Å². The van der Waals surface area contributed by atoms with Crippen molar-refractivity contribution in [1.82, 2.24) is 0 Å². The minimum Gasteiger partial charge on any atom is -0.504 e. The first-order chi connectivity index (χ1) is 20.5. The van der Waals surface area contributed by atoms with E-state index in [0.29, 0.717) is 40.8 Å². The van der Waals surface area contributed by atoms with Gasteiger partial charge >= 0.3 is 0 Å². The van der Waals surface area contributed by atoms with Gasteiger partial charge in [0.05, 0.1) is 7.11 Å². The number of benzene rings is 1. The molecule has 240 valence electrons. The second-order valence-electron chi connectivity index (χ2n) is 16.1. The molecule has 0 saturated heterocycles. The van der Waals surface area contributed by atoms with Crippen LogP contribution < -0.4 is 4.74 Å². The zero-order chi connectivity index (χ0) is 30.9. The molecule has 2 unspecified atom stereocenters. The molecular formula is C39H60O4. The second-order valence-corrected chi connectivity index (χ2v) is 16.1. The minimum atomic E-state index is -0.988. The summed E-state index contributed by atoms with van der Waals surface area (Å²) < 4.78 is 5.17. The molecule has 1 aromatic rings. The Labute approximate surface area is 262 Å². The van der Waals surface area contributed by atoms with Gasteiger partial charge in [-0.05, 0) is 146 Å². The molecule has 1 aromatic carbocycles. The Balaban J connectivity index is 1.17. The molecule has 4 heteroatoms.